The number of anilines is 2. The van der Waals surface area contributed by atoms with Crippen LogP contribution in [-0.4, -0.2) is 17.1 Å². The van der Waals surface area contributed by atoms with Crippen molar-refractivity contribution in [1.29, 1.82) is 0 Å². The number of para-hydroxylation sites is 1. The first-order valence-electron chi connectivity index (χ1n) is 6.12. The molecule has 4 nitrogen and oxygen atoms in total. The summed E-state index contributed by atoms with van der Waals surface area (Å²) in [4.78, 5) is 23.7. The van der Waals surface area contributed by atoms with Gasteiger partial charge >= 0.3 is 0 Å². The highest BCUT2D eigenvalue weighted by atomic mass is 79.9. The number of halogens is 2. The van der Waals surface area contributed by atoms with Crippen LogP contribution in [-0.2, 0) is 4.79 Å². The highest BCUT2D eigenvalue weighted by molar-refractivity contribution is 9.09. The third kappa shape index (κ3) is 4.31. The molecule has 0 radical (unpaired) electrons. The normalized spacial score (nSPS) is 10.0. The van der Waals surface area contributed by atoms with E-state index in [0.29, 0.717) is 22.0 Å². The molecule has 108 valence electrons. The van der Waals surface area contributed by atoms with E-state index < -0.39 is 0 Å². The van der Waals surface area contributed by atoms with E-state index >= 15 is 0 Å². The molecule has 0 saturated heterocycles. The van der Waals surface area contributed by atoms with Gasteiger partial charge in [0.25, 0.3) is 5.91 Å². The molecule has 0 aromatic heterocycles. The number of amides is 2. The maximum absolute atomic E-state index is 12.3. The fraction of sp³-hybridized carbons (Fsp3) is 0.0667. The number of rotatable bonds is 4. The van der Waals surface area contributed by atoms with Crippen molar-refractivity contribution in [3.8, 4) is 0 Å². The van der Waals surface area contributed by atoms with Gasteiger partial charge in [-0.15, -0.1) is 0 Å². The van der Waals surface area contributed by atoms with E-state index in [-0.39, 0.29) is 17.1 Å². The van der Waals surface area contributed by atoms with Crippen molar-refractivity contribution in [3.63, 3.8) is 0 Å². The Morgan fingerprint density at radius 3 is 2.33 bits per heavy atom. The van der Waals surface area contributed by atoms with E-state index in [1.807, 2.05) is 0 Å². The smallest absolute Gasteiger partial charge is 0.257 e. The average Bonchev–Trinajstić information content (AvgIpc) is 2.50. The summed E-state index contributed by atoms with van der Waals surface area (Å²) in [5.74, 6) is -0.524. The molecule has 21 heavy (non-hydrogen) atoms. The number of hydrogen-bond acceptors (Lipinski definition) is 2. The van der Waals surface area contributed by atoms with Crippen molar-refractivity contribution in [2.24, 2.45) is 0 Å². The topological polar surface area (TPSA) is 58.2 Å². The van der Waals surface area contributed by atoms with Gasteiger partial charge in [0.15, 0.2) is 0 Å². The molecule has 0 saturated carbocycles. The molecule has 2 amide bonds. The van der Waals surface area contributed by atoms with Crippen LogP contribution < -0.4 is 10.6 Å². The quantitative estimate of drug-likeness (QED) is 0.805. The number of hydrogen-bond donors (Lipinski definition) is 2. The Hall–Kier alpha value is -1.85. The van der Waals surface area contributed by atoms with Gasteiger partial charge < -0.3 is 10.6 Å². The minimum atomic E-state index is -0.303. The van der Waals surface area contributed by atoms with Crippen LogP contribution in [0.25, 0.3) is 0 Å². The van der Waals surface area contributed by atoms with Crippen LogP contribution in [0.4, 0.5) is 11.4 Å². The van der Waals surface area contributed by atoms with Crippen molar-refractivity contribution in [2.75, 3.05) is 16.0 Å². The summed E-state index contributed by atoms with van der Waals surface area (Å²) in [5, 5.41) is 6.19. The Morgan fingerprint density at radius 2 is 1.67 bits per heavy atom. The van der Waals surface area contributed by atoms with Crippen molar-refractivity contribution < 1.29 is 9.59 Å². The number of benzene rings is 2. The molecule has 0 aliphatic rings. The SMILES string of the molecule is O=C(CBr)Nc1ccccc1C(=O)Nc1ccc(Cl)cc1. The second kappa shape index (κ2) is 7.24. The van der Waals surface area contributed by atoms with Crippen LogP contribution in [0, 0.1) is 0 Å². The van der Waals surface area contributed by atoms with Crippen LogP contribution in [0.5, 0.6) is 0 Å². The first-order valence-corrected chi connectivity index (χ1v) is 7.62. The minimum absolute atomic E-state index is 0.167. The summed E-state index contributed by atoms with van der Waals surface area (Å²) < 4.78 is 0. The Morgan fingerprint density at radius 1 is 1.00 bits per heavy atom. The predicted octanol–water partition coefficient (Wildman–Crippen LogP) is 3.93. The maximum Gasteiger partial charge on any atom is 0.257 e. The van der Waals surface area contributed by atoms with E-state index in [2.05, 4.69) is 26.6 Å². The lowest BCUT2D eigenvalue weighted by Crippen LogP contribution is -2.18. The highest BCUT2D eigenvalue weighted by Gasteiger charge is 2.12. The molecule has 2 aromatic rings. The molecule has 6 heteroatoms. The van der Waals surface area contributed by atoms with E-state index in [1.54, 1.807) is 48.5 Å². The van der Waals surface area contributed by atoms with Crippen molar-refractivity contribution in [2.45, 2.75) is 0 Å². The van der Waals surface area contributed by atoms with Crippen molar-refractivity contribution >= 4 is 50.7 Å². The molecule has 2 aromatic carbocycles. The molecular weight excluding hydrogens is 356 g/mol. The number of carbonyl (C=O) groups is 2. The summed E-state index contributed by atoms with van der Waals surface area (Å²) in [6, 6.07) is 13.6. The largest absolute Gasteiger partial charge is 0.325 e. The molecule has 0 heterocycles. The summed E-state index contributed by atoms with van der Waals surface area (Å²) in [5.41, 5.74) is 1.49. The fourth-order valence-corrected chi connectivity index (χ4v) is 1.97. The Balaban J connectivity index is 2.18. The first-order chi connectivity index (χ1) is 10.1. The summed E-state index contributed by atoms with van der Waals surface area (Å²) in [7, 11) is 0. The zero-order valence-corrected chi connectivity index (χ0v) is 13.2. The molecule has 0 fully saturated rings. The van der Waals surface area contributed by atoms with Crippen LogP contribution in [0.2, 0.25) is 5.02 Å². The van der Waals surface area contributed by atoms with Crippen LogP contribution in [0.3, 0.4) is 0 Å². The van der Waals surface area contributed by atoms with E-state index in [0.717, 1.165) is 0 Å². The van der Waals surface area contributed by atoms with Crippen LogP contribution >= 0.6 is 27.5 Å². The number of carbonyl (C=O) groups excluding carboxylic acids is 2. The zero-order chi connectivity index (χ0) is 15.2. The zero-order valence-electron chi connectivity index (χ0n) is 10.9. The lowest BCUT2D eigenvalue weighted by Gasteiger charge is -2.10. The van der Waals surface area contributed by atoms with E-state index in [4.69, 9.17) is 11.6 Å². The Kier molecular flexibility index (Phi) is 5.36. The second-order valence-corrected chi connectivity index (χ2v) is 5.19. The van der Waals surface area contributed by atoms with Gasteiger partial charge in [-0.25, -0.2) is 0 Å². The predicted molar refractivity (Wildman–Crippen MR) is 88.3 cm³/mol. The molecule has 0 atom stereocenters. The van der Waals surface area contributed by atoms with Gasteiger partial charge in [-0.1, -0.05) is 39.7 Å². The van der Waals surface area contributed by atoms with Gasteiger partial charge in [0.1, 0.15) is 0 Å². The van der Waals surface area contributed by atoms with Gasteiger partial charge in [-0.05, 0) is 36.4 Å². The maximum atomic E-state index is 12.3. The van der Waals surface area contributed by atoms with Gasteiger partial charge in [0.2, 0.25) is 5.91 Å². The van der Waals surface area contributed by atoms with Gasteiger partial charge in [-0.3, -0.25) is 9.59 Å². The number of nitrogens with one attached hydrogen (secondary N) is 2. The second-order valence-electron chi connectivity index (χ2n) is 4.19. The third-order valence-electron chi connectivity index (χ3n) is 2.67. The van der Waals surface area contributed by atoms with Gasteiger partial charge in [0.05, 0.1) is 16.6 Å². The van der Waals surface area contributed by atoms with Crippen molar-refractivity contribution in [1.82, 2.24) is 0 Å². The molecule has 2 rings (SSSR count). The van der Waals surface area contributed by atoms with E-state index in [1.165, 1.54) is 0 Å². The fourth-order valence-electron chi connectivity index (χ4n) is 1.71. The van der Waals surface area contributed by atoms with Gasteiger partial charge in [-0.2, -0.15) is 0 Å². The number of alkyl halides is 1. The monoisotopic (exact) mass is 366 g/mol. The minimum Gasteiger partial charge on any atom is -0.325 e. The molecule has 0 unspecified atom stereocenters. The lowest BCUT2D eigenvalue weighted by atomic mass is 10.1. The summed E-state index contributed by atoms with van der Waals surface area (Å²) >= 11 is 8.87. The Bertz CT molecular complexity index is 659. The van der Waals surface area contributed by atoms with Crippen molar-refractivity contribution in [3.05, 3.63) is 59.1 Å². The lowest BCUT2D eigenvalue weighted by molar-refractivity contribution is -0.113. The Labute approximate surface area is 135 Å². The summed E-state index contributed by atoms with van der Waals surface area (Å²) in [6.07, 6.45) is 0. The van der Waals surface area contributed by atoms with E-state index in [9.17, 15) is 9.59 Å². The highest BCUT2D eigenvalue weighted by Crippen LogP contribution is 2.19. The van der Waals surface area contributed by atoms with Crippen LogP contribution in [0.15, 0.2) is 48.5 Å². The molecular formula is C15H12BrClN2O2. The molecule has 0 spiro atoms. The molecule has 0 aliphatic heterocycles. The molecule has 0 bridgehead atoms. The standard InChI is InChI=1S/C15H12BrClN2O2/c16-9-14(20)19-13-4-2-1-3-12(13)15(21)18-11-7-5-10(17)6-8-11/h1-8H,9H2,(H,18,21)(H,19,20). The average molecular weight is 368 g/mol. The first kappa shape index (κ1) is 15.5. The summed E-state index contributed by atoms with van der Waals surface area (Å²) in [6.45, 7) is 0. The third-order valence-corrected chi connectivity index (χ3v) is 3.43. The van der Waals surface area contributed by atoms with Crippen LogP contribution in [0.1, 0.15) is 10.4 Å². The van der Waals surface area contributed by atoms with Gasteiger partial charge in [0, 0.05) is 10.7 Å². The molecule has 2 N–H and O–H groups in total. The molecule has 0 aliphatic carbocycles.